The summed E-state index contributed by atoms with van der Waals surface area (Å²) in [6.45, 7) is 2.67. The number of hydrogen-bond acceptors (Lipinski definition) is 5. The van der Waals surface area contributed by atoms with Crippen LogP contribution < -0.4 is 4.72 Å². The zero-order valence-corrected chi connectivity index (χ0v) is 11.1. The van der Waals surface area contributed by atoms with Crippen molar-refractivity contribution in [2.75, 3.05) is 18.4 Å². The Hall–Kier alpha value is -1.59. The number of rotatable bonds is 7. The van der Waals surface area contributed by atoms with Gasteiger partial charge in [0.1, 0.15) is 0 Å². The standard InChI is InChI=1S/C10H16N4O3S/c1-3-10(6-11)18(15,16)13-9-7-12-14(8-9)4-5-17-2/h7-8,10,13H,3-5H2,1-2H3. The number of anilines is 1. The molecule has 1 atom stereocenters. The van der Waals surface area contributed by atoms with Gasteiger partial charge < -0.3 is 4.74 Å². The van der Waals surface area contributed by atoms with Crippen LogP contribution in [0.4, 0.5) is 5.69 Å². The predicted molar refractivity (Wildman–Crippen MR) is 66.3 cm³/mol. The molecule has 8 heteroatoms. The van der Waals surface area contributed by atoms with Gasteiger partial charge in [0.05, 0.1) is 31.1 Å². The van der Waals surface area contributed by atoms with Crippen LogP contribution in [-0.2, 0) is 21.3 Å². The summed E-state index contributed by atoms with van der Waals surface area (Å²) < 4.78 is 32.4. The van der Waals surface area contributed by atoms with Gasteiger partial charge in [-0.1, -0.05) is 6.92 Å². The molecule has 1 heterocycles. The minimum absolute atomic E-state index is 0.240. The van der Waals surface area contributed by atoms with Gasteiger partial charge in [-0.05, 0) is 6.42 Å². The van der Waals surface area contributed by atoms with E-state index in [1.807, 2.05) is 0 Å². The summed E-state index contributed by atoms with van der Waals surface area (Å²) in [7, 11) is -2.10. The molecule has 18 heavy (non-hydrogen) atoms. The lowest BCUT2D eigenvalue weighted by molar-refractivity contribution is 0.183. The third-order valence-corrected chi connectivity index (χ3v) is 4.02. The van der Waals surface area contributed by atoms with Crippen molar-refractivity contribution in [3.8, 4) is 6.07 Å². The summed E-state index contributed by atoms with van der Waals surface area (Å²) in [4.78, 5) is 0. The van der Waals surface area contributed by atoms with Crippen molar-refractivity contribution in [2.24, 2.45) is 0 Å². The van der Waals surface area contributed by atoms with Crippen LogP contribution in [-0.4, -0.2) is 37.2 Å². The first-order valence-corrected chi connectivity index (χ1v) is 7.00. The lowest BCUT2D eigenvalue weighted by atomic mass is 10.4. The molecule has 0 amide bonds. The maximum atomic E-state index is 11.8. The minimum atomic E-state index is -3.68. The molecule has 1 rings (SSSR count). The van der Waals surface area contributed by atoms with Gasteiger partial charge in [-0.25, -0.2) is 8.42 Å². The van der Waals surface area contributed by atoms with Gasteiger partial charge >= 0.3 is 0 Å². The number of methoxy groups -OCH3 is 1. The van der Waals surface area contributed by atoms with E-state index in [2.05, 4.69) is 9.82 Å². The lowest BCUT2D eigenvalue weighted by Gasteiger charge is -2.08. The Labute approximate surface area is 106 Å². The fraction of sp³-hybridized carbons (Fsp3) is 0.600. The molecular weight excluding hydrogens is 256 g/mol. The molecule has 0 saturated carbocycles. The van der Waals surface area contributed by atoms with Gasteiger partial charge in [-0.3, -0.25) is 9.40 Å². The largest absolute Gasteiger partial charge is 0.383 e. The van der Waals surface area contributed by atoms with Crippen LogP contribution in [0.25, 0.3) is 0 Å². The van der Waals surface area contributed by atoms with Crippen molar-refractivity contribution in [1.29, 1.82) is 5.26 Å². The molecule has 1 N–H and O–H groups in total. The van der Waals surface area contributed by atoms with Gasteiger partial charge in [-0.2, -0.15) is 10.4 Å². The zero-order valence-electron chi connectivity index (χ0n) is 10.3. The molecule has 0 spiro atoms. The molecule has 0 bridgehead atoms. The summed E-state index contributed by atoms with van der Waals surface area (Å²) in [5, 5.41) is 11.7. The Bertz CT molecular complexity index is 517. The van der Waals surface area contributed by atoms with E-state index in [1.54, 1.807) is 31.0 Å². The Morgan fingerprint density at radius 3 is 2.94 bits per heavy atom. The molecule has 1 aromatic heterocycles. The van der Waals surface area contributed by atoms with Crippen LogP contribution in [0, 0.1) is 11.3 Å². The van der Waals surface area contributed by atoms with E-state index in [0.717, 1.165) is 0 Å². The monoisotopic (exact) mass is 272 g/mol. The fourth-order valence-electron chi connectivity index (χ4n) is 1.34. The highest BCUT2D eigenvalue weighted by molar-refractivity contribution is 7.93. The van der Waals surface area contributed by atoms with Crippen molar-refractivity contribution in [3.05, 3.63) is 12.4 Å². The third-order valence-electron chi connectivity index (χ3n) is 2.31. The molecular formula is C10H16N4O3S. The molecule has 0 fully saturated rings. The van der Waals surface area contributed by atoms with Gasteiger partial charge in [-0.15, -0.1) is 0 Å². The average Bonchev–Trinajstić information content (AvgIpc) is 2.74. The Morgan fingerprint density at radius 1 is 1.67 bits per heavy atom. The molecule has 1 aromatic rings. The molecule has 0 saturated heterocycles. The number of nitrogens with one attached hydrogen (secondary N) is 1. The minimum Gasteiger partial charge on any atom is -0.383 e. The molecule has 100 valence electrons. The number of nitriles is 1. The van der Waals surface area contributed by atoms with Gasteiger partial charge in [0.25, 0.3) is 0 Å². The number of aromatic nitrogens is 2. The molecule has 1 unspecified atom stereocenters. The number of ether oxygens (including phenoxy) is 1. The van der Waals surface area contributed by atoms with Crippen LogP contribution >= 0.6 is 0 Å². The first kappa shape index (κ1) is 14.5. The van der Waals surface area contributed by atoms with Crippen LogP contribution in [0.1, 0.15) is 13.3 Å². The second-order valence-electron chi connectivity index (χ2n) is 3.66. The van der Waals surface area contributed by atoms with Crippen LogP contribution in [0.3, 0.4) is 0 Å². The van der Waals surface area contributed by atoms with E-state index in [-0.39, 0.29) is 6.42 Å². The topological polar surface area (TPSA) is 97.0 Å². The molecule has 0 radical (unpaired) electrons. The Morgan fingerprint density at radius 2 is 2.39 bits per heavy atom. The van der Waals surface area contributed by atoms with Crippen LogP contribution in [0.5, 0.6) is 0 Å². The third kappa shape index (κ3) is 3.72. The quantitative estimate of drug-likeness (QED) is 0.782. The second-order valence-corrected chi connectivity index (χ2v) is 5.52. The van der Waals surface area contributed by atoms with E-state index in [0.29, 0.717) is 18.8 Å². The van der Waals surface area contributed by atoms with Gasteiger partial charge in [0, 0.05) is 13.3 Å². The van der Waals surface area contributed by atoms with E-state index in [4.69, 9.17) is 10.00 Å². The molecule has 0 aliphatic heterocycles. The smallest absolute Gasteiger partial charge is 0.249 e. The predicted octanol–water partition coefficient (Wildman–Crippen LogP) is 0.573. The maximum absolute atomic E-state index is 11.8. The summed E-state index contributed by atoms with van der Waals surface area (Å²) in [6, 6.07) is 1.76. The molecule has 0 aliphatic carbocycles. The van der Waals surface area contributed by atoms with Crippen molar-refractivity contribution in [2.45, 2.75) is 25.1 Å². The van der Waals surface area contributed by atoms with E-state index < -0.39 is 15.3 Å². The van der Waals surface area contributed by atoms with Gasteiger partial charge in [0.2, 0.25) is 10.0 Å². The SMILES string of the molecule is CCC(C#N)S(=O)(=O)Nc1cnn(CCOC)c1. The van der Waals surface area contributed by atoms with Crippen molar-refractivity contribution in [1.82, 2.24) is 9.78 Å². The zero-order chi connectivity index (χ0) is 13.6. The normalized spacial score (nSPS) is 12.9. The summed E-state index contributed by atoms with van der Waals surface area (Å²) in [6.07, 6.45) is 3.20. The van der Waals surface area contributed by atoms with E-state index >= 15 is 0 Å². The molecule has 7 nitrogen and oxygen atoms in total. The summed E-state index contributed by atoms with van der Waals surface area (Å²) >= 11 is 0. The van der Waals surface area contributed by atoms with E-state index in [1.165, 1.54) is 6.20 Å². The first-order valence-electron chi connectivity index (χ1n) is 5.46. The lowest BCUT2D eigenvalue weighted by Crippen LogP contribution is -2.25. The molecule has 0 aromatic carbocycles. The summed E-state index contributed by atoms with van der Waals surface area (Å²) in [5.41, 5.74) is 0.347. The highest BCUT2D eigenvalue weighted by atomic mass is 32.2. The summed E-state index contributed by atoms with van der Waals surface area (Å²) in [5.74, 6) is 0. The first-order chi connectivity index (χ1) is 8.53. The van der Waals surface area contributed by atoms with Crippen molar-refractivity contribution in [3.63, 3.8) is 0 Å². The maximum Gasteiger partial charge on any atom is 0.249 e. The Balaban J connectivity index is 2.73. The van der Waals surface area contributed by atoms with Crippen LogP contribution in [0.2, 0.25) is 0 Å². The van der Waals surface area contributed by atoms with Gasteiger partial charge in [0.15, 0.2) is 5.25 Å². The molecule has 0 aliphatic rings. The number of nitrogens with zero attached hydrogens (tertiary/aromatic N) is 3. The second kappa shape index (κ2) is 6.37. The highest BCUT2D eigenvalue weighted by Gasteiger charge is 2.23. The Kier molecular flexibility index (Phi) is 5.12. The van der Waals surface area contributed by atoms with Crippen molar-refractivity contribution >= 4 is 15.7 Å². The fourth-order valence-corrected chi connectivity index (χ4v) is 2.49. The number of hydrogen-bond donors (Lipinski definition) is 1. The average molecular weight is 272 g/mol. The highest BCUT2D eigenvalue weighted by Crippen LogP contribution is 2.12. The number of sulfonamides is 1. The van der Waals surface area contributed by atoms with E-state index in [9.17, 15) is 8.42 Å². The van der Waals surface area contributed by atoms with Crippen LogP contribution in [0.15, 0.2) is 12.4 Å². The van der Waals surface area contributed by atoms with Crippen molar-refractivity contribution < 1.29 is 13.2 Å².